The summed E-state index contributed by atoms with van der Waals surface area (Å²) in [4.78, 5) is 12.9. The molecule has 1 aliphatic heterocycles. The third kappa shape index (κ3) is 3.97. The number of hydrogen-bond donors (Lipinski definition) is 0. The van der Waals surface area contributed by atoms with E-state index in [4.69, 9.17) is 9.47 Å². The monoisotopic (exact) mass is 366 g/mol. The van der Waals surface area contributed by atoms with Crippen LogP contribution in [-0.2, 0) is 5.41 Å². The first-order valence-electron chi connectivity index (χ1n) is 9.06. The maximum atomic E-state index is 12.9. The van der Waals surface area contributed by atoms with E-state index in [0.717, 1.165) is 16.8 Å². The van der Waals surface area contributed by atoms with E-state index in [2.05, 4.69) is 31.9 Å². The van der Waals surface area contributed by atoms with Crippen molar-refractivity contribution >= 4 is 11.6 Å². The van der Waals surface area contributed by atoms with Crippen LogP contribution in [0.15, 0.2) is 47.6 Å². The molecule has 5 heteroatoms. The lowest BCUT2D eigenvalue weighted by atomic mass is 9.86. The summed E-state index contributed by atoms with van der Waals surface area (Å²) < 4.78 is 10.6. The third-order valence-corrected chi connectivity index (χ3v) is 4.73. The molecule has 1 amide bonds. The first-order valence-corrected chi connectivity index (χ1v) is 9.06. The fraction of sp³-hybridized carbons (Fsp3) is 0.364. The number of amides is 1. The zero-order valence-corrected chi connectivity index (χ0v) is 16.6. The van der Waals surface area contributed by atoms with E-state index in [-0.39, 0.29) is 11.3 Å². The third-order valence-electron chi connectivity index (χ3n) is 4.73. The number of ether oxygens (including phenoxy) is 2. The van der Waals surface area contributed by atoms with E-state index in [0.29, 0.717) is 30.0 Å². The van der Waals surface area contributed by atoms with Gasteiger partial charge in [-0.05, 0) is 41.3 Å². The number of carbonyl (C=O) groups excluding carboxylic acids is 1. The van der Waals surface area contributed by atoms with Gasteiger partial charge in [-0.15, -0.1) is 0 Å². The summed E-state index contributed by atoms with van der Waals surface area (Å²) in [5.74, 6) is 1.25. The van der Waals surface area contributed by atoms with Crippen LogP contribution in [-0.4, -0.2) is 37.4 Å². The van der Waals surface area contributed by atoms with Gasteiger partial charge in [0.2, 0.25) is 0 Å². The van der Waals surface area contributed by atoms with Gasteiger partial charge in [-0.25, -0.2) is 5.01 Å². The van der Waals surface area contributed by atoms with Gasteiger partial charge in [0.15, 0.2) is 11.5 Å². The number of nitrogens with zero attached hydrogens (tertiary/aromatic N) is 2. The molecule has 0 bridgehead atoms. The molecule has 0 fully saturated rings. The molecule has 27 heavy (non-hydrogen) atoms. The van der Waals surface area contributed by atoms with Crippen LogP contribution >= 0.6 is 0 Å². The van der Waals surface area contributed by atoms with E-state index in [1.165, 1.54) is 0 Å². The Balaban J connectivity index is 1.84. The van der Waals surface area contributed by atoms with Crippen molar-refractivity contribution in [3.63, 3.8) is 0 Å². The highest BCUT2D eigenvalue weighted by Crippen LogP contribution is 2.29. The van der Waals surface area contributed by atoms with Gasteiger partial charge in [-0.3, -0.25) is 4.79 Å². The van der Waals surface area contributed by atoms with Gasteiger partial charge in [0.1, 0.15) is 0 Å². The molecular formula is C22H26N2O3. The second kappa shape index (κ2) is 7.43. The number of hydrazone groups is 1. The molecule has 1 heterocycles. The van der Waals surface area contributed by atoms with Crippen LogP contribution in [0, 0.1) is 0 Å². The average molecular weight is 366 g/mol. The molecule has 2 aromatic rings. The van der Waals surface area contributed by atoms with Gasteiger partial charge in [0, 0.05) is 17.5 Å². The molecule has 0 unspecified atom stereocenters. The molecule has 0 atom stereocenters. The Hall–Kier alpha value is -2.82. The second-order valence-corrected chi connectivity index (χ2v) is 7.63. The fourth-order valence-electron chi connectivity index (χ4n) is 3.09. The Morgan fingerprint density at radius 3 is 2.44 bits per heavy atom. The van der Waals surface area contributed by atoms with Gasteiger partial charge in [-0.1, -0.05) is 32.9 Å². The van der Waals surface area contributed by atoms with E-state index in [1.54, 1.807) is 19.2 Å². The minimum absolute atomic E-state index is 0.00459. The van der Waals surface area contributed by atoms with Crippen LogP contribution < -0.4 is 9.47 Å². The molecule has 2 aromatic carbocycles. The normalized spacial score (nSPS) is 14.1. The molecule has 1 aliphatic rings. The zero-order chi connectivity index (χ0) is 19.6. The van der Waals surface area contributed by atoms with Crippen LogP contribution in [0.1, 0.15) is 48.7 Å². The number of hydrogen-bond acceptors (Lipinski definition) is 4. The molecule has 0 saturated heterocycles. The highest BCUT2D eigenvalue weighted by atomic mass is 16.5. The van der Waals surface area contributed by atoms with Crippen molar-refractivity contribution in [2.45, 2.75) is 32.6 Å². The second-order valence-electron chi connectivity index (χ2n) is 7.63. The van der Waals surface area contributed by atoms with Crippen LogP contribution in [0.4, 0.5) is 0 Å². The average Bonchev–Trinajstić information content (AvgIpc) is 3.16. The first kappa shape index (κ1) is 19.0. The predicted molar refractivity (Wildman–Crippen MR) is 107 cm³/mol. The first-order chi connectivity index (χ1) is 12.8. The molecule has 0 aliphatic carbocycles. The number of methoxy groups -OCH3 is 2. The topological polar surface area (TPSA) is 51.1 Å². The minimum atomic E-state index is -0.0726. The largest absolute Gasteiger partial charge is 0.493 e. The van der Waals surface area contributed by atoms with Crippen molar-refractivity contribution in [1.82, 2.24) is 5.01 Å². The lowest BCUT2D eigenvalue weighted by Gasteiger charge is -2.20. The molecule has 0 saturated carbocycles. The van der Waals surface area contributed by atoms with E-state index in [9.17, 15) is 4.79 Å². The zero-order valence-electron chi connectivity index (χ0n) is 16.6. The molecule has 0 radical (unpaired) electrons. The van der Waals surface area contributed by atoms with Crippen LogP contribution in [0.2, 0.25) is 0 Å². The summed E-state index contributed by atoms with van der Waals surface area (Å²) in [6, 6.07) is 13.5. The van der Waals surface area contributed by atoms with Gasteiger partial charge in [0.25, 0.3) is 5.91 Å². The maximum Gasteiger partial charge on any atom is 0.273 e. The lowest BCUT2D eigenvalue weighted by Crippen LogP contribution is -2.24. The summed E-state index contributed by atoms with van der Waals surface area (Å²) in [6.07, 6.45) is 0.709. The van der Waals surface area contributed by atoms with Gasteiger partial charge in [0.05, 0.1) is 26.5 Å². The van der Waals surface area contributed by atoms with Crippen LogP contribution in [0.3, 0.4) is 0 Å². The standard InChI is InChI=1S/C22H26N2O3/c1-22(2,3)17-8-6-7-16(13-17)21(25)24-12-11-18(23-24)15-9-10-19(26-4)20(14-15)27-5/h6-10,13-14H,11-12H2,1-5H3. The Labute approximate surface area is 160 Å². The highest BCUT2D eigenvalue weighted by molar-refractivity contribution is 6.04. The quantitative estimate of drug-likeness (QED) is 0.813. The predicted octanol–water partition coefficient (Wildman–Crippen LogP) is 4.25. The molecular weight excluding hydrogens is 340 g/mol. The molecule has 3 rings (SSSR count). The molecule has 5 nitrogen and oxygen atoms in total. The number of rotatable bonds is 4. The van der Waals surface area contributed by atoms with Crippen molar-refractivity contribution in [3.8, 4) is 11.5 Å². The van der Waals surface area contributed by atoms with Crippen molar-refractivity contribution < 1.29 is 14.3 Å². The van der Waals surface area contributed by atoms with Gasteiger partial charge >= 0.3 is 0 Å². The van der Waals surface area contributed by atoms with Crippen LogP contribution in [0.25, 0.3) is 0 Å². The van der Waals surface area contributed by atoms with Gasteiger partial charge in [-0.2, -0.15) is 5.10 Å². The van der Waals surface area contributed by atoms with Crippen molar-refractivity contribution in [1.29, 1.82) is 0 Å². The minimum Gasteiger partial charge on any atom is -0.493 e. The SMILES string of the molecule is COc1ccc(C2=NN(C(=O)c3cccc(C(C)(C)C)c3)CC2)cc1OC. The fourth-order valence-corrected chi connectivity index (χ4v) is 3.09. The van der Waals surface area contributed by atoms with E-state index >= 15 is 0 Å². The summed E-state index contributed by atoms with van der Waals surface area (Å²) in [6.45, 7) is 6.99. The lowest BCUT2D eigenvalue weighted by molar-refractivity contribution is 0.0778. The summed E-state index contributed by atoms with van der Waals surface area (Å²) in [7, 11) is 3.22. The Kier molecular flexibility index (Phi) is 5.22. The van der Waals surface area contributed by atoms with Crippen molar-refractivity contribution in [2.75, 3.05) is 20.8 Å². The van der Waals surface area contributed by atoms with Crippen molar-refractivity contribution in [3.05, 3.63) is 59.2 Å². The summed E-state index contributed by atoms with van der Waals surface area (Å²) in [5.41, 5.74) is 3.61. The molecule has 0 spiro atoms. The van der Waals surface area contributed by atoms with Gasteiger partial charge < -0.3 is 9.47 Å². The number of carbonyl (C=O) groups is 1. The van der Waals surface area contributed by atoms with E-state index < -0.39 is 0 Å². The molecule has 142 valence electrons. The Morgan fingerprint density at radius 1 is 1.04 bits per heavy atom. The van der Waals surface area contributed by atoms with Crippen molar-refractivity contribution in [2.24, 2.45) is 5.10 Å². The van der Waals surface area contributed by atoms with Crippen LogP contribution in [0.5, 0.6) is 11.5 Å². The van der Waals surface area contributed by atoms with E-state index in [1.807, 2.05) is 36.4 Å². The number of benzene rings is 2. The Bertz CT molecular complexity index is 881. The highest BCUT2D eigenvalue weighted by Gasteiger charge is 2.24. The summed E-state index contributed by atoms with van der Waals surface area (Å²) >= 11 is 0. The maximum absolute atomic E-state index is 12.9. The molecule has 0 aromatic heterocycles. The Morgan fingerprint density at radius 2 is 1.78 bits per heavy atom. The molecule has 0 N–H and O–H groups in total. The smallest absolute Gasteiger partial charge is 0.273 e. The summed E-state index contributed by atoms with van der Waals surface area (Å²) in [5, 5.41) is 6.11.